The van der Waals surface area contributed by atoms with E-state index in [0.717, 1.165) is 6.42 Å². The Kier molecular flexibility index (Phi) is 11.9. The van der Waals surface area contributed by atoms with Crippen LogP contribution in [0.1, 0.15) is 14.8 Å². The van der Waals surface area contributed by atoms with Crippen LogP contribution in [0.15, 0.2) is 0 Å². The summed E-state index contributed by atoms with van der Waals surface area (Å²) < 4.78 is 0.635. The zero-order valence-electron chi connectivity index (χ0n) is 8.59. The van der Waals surface area contributed by atoms with Gasteiger partial charge in [0.2, 0.25) is 0 Å². The quantitative estimate of drug-likeness (QED) is 0.294. The van der Waals surface area contributed by atoms with Gasteiger partial charge in [0.1, 0.15) is 0 Å². The average Bonchev–Trinajstić information content (AvgIpc) is 1.62. The minimum Gasteiger partial charge on any atom is -1.00 e. The molecule has 1 N–H and O–H groups in total. The second kappa shape index (κ2) is 6.89. The molecule has 0 saturated carbocycles. The predicted octanol–water partition coefficient (Wildman–Crippen LogP) is -2.04. The van der Waals surface area contributed by atoms with Gasteiger partial charge in [0.25, 0.3) is 0 Å². The first-order valence-electron chi connectivity index (χ1n) is 2.97. The van der Waals surface area contributed by atoms with Crippen molar-refractivity contribution >= 4 is 12.4 Å². The third-order valence-corrected chi connectivity index (χ3v) is 1.26. The molecule has 0 heterocycles. The van der Waals surface area contributed by atoms with Crippen LogP contribution in [-0.4, -0.2) is 37.0 Å². The molecule has 10 heavy (non-hydrogen) atoms. The number of hydrogen-bond acceptors (Lipinski definition) is 1. The Hall–Kier alpha value is 1.21. The maximum Gasteiger partial charge on any atom is 1.00 e. The first kappa shape index (κ1) is 17.3. The Balaban J connectivity index is -0.0000000817. The van der Waals surface area contributed by atoms with Crippen molar-refractivity contribution in [2.24, 2.45) is 0 Å². The summed E-state index contributed by atoms with van der Waals surface area (Å²) >= 11 is 0. The van der Waals surface area contributed by atoms with Crippen LogP contribution < -0.4 is 29.6 Å². The summed E-state index contributed by atoms with van der Waals surface area (Å²) in [4.78, 5) is 0. The van der Waals surface area contributed by atoms with E-state index in [1.54, 1.807) is 0 Å². The Morgan fingerprint density at radius 2 is 1.70 bits per heavy atom. The van der Waals surface area contributed by atoms with Gasteiger partial charge < -0.3 is 11.0 Å². The summed E-state index contributed by atoms with van der Waals surface area (Å²) in [6, 6.07) is 0. The molecule has 1 unspecified atom stereocenters. The first-order valence-corrected chi connectivity index (χ1v) is 2.97. The Labute approximate surface area is 93.4 Å². The molecule has 0 aliphatic heterocycles. The van der Waals surface area contributed by atoms with Gasteiger partial charge in [-0.25, -0.2) is 0 Å². The van der Waals surface area contributed by atoms with Crippen molar-refractivity contribution in [2.45, 2.75) is 19.6 Å². The van der Waals surface area contributed by atoms with Crippen LogP contribution in [0.25, 0.3) is 0 Å². The molecule has 0 bridgehead atoms. The number of aliphatic hydroxyl groups is 1. The molecule has 0 radical (unpaired) electrons. The van der Waals surface area contributed by atoms with Crippen molar-refractivity contribution in [3.05, 3.63) is 0 Å². The molecule has 0 amide bonds. The van der Waals surface area contributed by atoms with Gasteiger partial charge in [0.15, 0.2) is 6.23 Å². The van der Waals surface area contributed by atoms with E-state index in [-0.39, 0.29) is 49.6 Å². The second-order valence-electron chi connectivity index (χ2n) is 3.01. The fraction of sp³-hybridized carbons (Fsp3) is 1.00. The smallest absolute Gasteiger partial charge is 1.00 e. The molecule has 4 heteroatoms. The van der Waals surface area contributed by atoms with E-state index in [1.165, 1.54) is 0 Å². The monoisotopic (exact) mass is 178 g/mol. The van der Waals surface area contributed by atoms with Gasteiger partial charge in [0.05, 0.1) is 21.1 Å². The van der Waals surface area contributed by atoms with Crippen molar-refractivity contribution in [3.8, 4) is 0 Å². The molecule has 1 atom stereocenters. The van der Waals surface area contributed by atoms with E-state index < -0.39 is 0 Å². The van der Waals surface area contributed by atoms with Crippen LogP contribution in [0.5, 0.6) is 0 Å². The van der Waals surface area contributed by atoms with E-state index in [9.17, 15) is 0 Å². The predicted molar refractivity (Wildman–Crippen MR) is 42.7 cm³/mol. The molecule has 0 rings (SSSR count). The number of halogens is 1. The summed E-state index contributed by atoms with van der Waals surface area (Å²) in [5.74, 6) is 0. The molecule has 0 aromatic heterocycles. The molecule has 2 nitrogen and oxygen atoms in total. The Bertz CT molecular complexity index is 79.5. The standard InChI is InChI=1S/C6H16NO.ClH.Na.H/c1-5-6(8)7(2,3)4;;;/h6,8H,5H2,1-4H3;1H;;/q+1;;+1;-1. The zero-order valence-corrected chi connectivity index (χ0v) is 10.4. The topological polar surface area (TPSA) is 20.2 Å². The van der Waals surface area contributed by atoms with E-state index in [1.807, 2.05) is 28.1 Å². The first-order chi connectivity index (χ1) is 3.48. The van der Waals surface area contributed by atoms with Gasteiger partial charge in [-0.2, -0.15) is 0 Å². The van der Waals surface area contributed by atoms with Crippen LogP contribution in [0.4, 0.5) is 0 Å². The fourth-order valence-electron chi connectivity index (χ4n) is 0.548. The molecule has 60 valence electrons. The normalized spacial score (nSPS) is 12.9. The molecule has 0 aromatic carbocycles. The van der Waals surface area contributed by atoms with Crippen molar-refractivity contribution in [3.63, 3.8) is 0 Å². The summed E-state index contributed by atoms with van der Waals surface area (Å²) in [6.07, 6.45) is 0.610. The van der Waals surface area contributed by atoms with Crippen LogP contribution >= 0.6 is 12.4 Å². The van der Waals surface area contributed by atoms with Gasteiger partial charge in [-0.15, -0.1) is 12.4 Å². The summed E-state index contributed by atoms with van der Waals surface area (Å²) in [7, 11) is 5.94. The molecule has 0 spiro atoms. The summed E-state index contributed by atoms with van der Waals surface area (Å²) in [5.41, 5.74) is 0. The van der Waals surface area contributed by atoms with E-state index in [2.05, 4.69) is 0 Å². The van der Waals surface area contributed by atoms with Gasteiger partial charge in [-0.3, -0.25) is 0 Å². The molecular weight excluding hydrogens is 161 g/mol. The van der Waals surface area contributed by atoms with Gasteiger partial charge >= 0.3 is 29.6 Å². The molecule has 0 aliphatic carbocycles. The SMILES string of the molecule is CCC(O)[N+](C)(C)C.Cl.[H-].[Na+]. The minimum absolute atomic E-state index is 0. The summed E-state index contributed by atoms with van der Waals surface area (Å²) in [6.45, 7) is 1.98. The largest absolute Gasteiger partial charge is 1.00 e. The van der Waals surface area contributed by atoms with Crippen molar-refractivity contribution < 1.29 is 40.6 Å². The van der Waals surface area contributed by atoms with Gasteiger partial charge in [-0.05, 0) is 0 Å². The number of nitrogens with zero attached hydrogens (tertiary/aromatic N) is 1. The number of aliphatic hydroxyl groups excluding tert-OH is 1. The van der Waals surface area contributed by atoms with Crippen LogP contribution in [-0.2, 0) is 0 Å². The van der Waals surface area contributed by atoms with Crippen molar-refractivity contribution in [1.29, 1.82) is 0 Å². The zero-order chi connectivity index (χ0) is 6.78. The molecule has 0 fully saturated rings. The third kappa shape index (κ3) is 7.32. The fourth-order valence-corrected chi connectivity index (χ4v) is 0.548. The van der Waals surface area contributed by atoms with E-state index >= 15 is 0 Å². The molecule has 0 saturated heterocycles. The third-order valence-electron chi connectivity index (χ3n) is 1.26. The van der Waals surface area contributed by atoms with Gasteiger partial charge in [0, 0.05) is 6.42 Å². The molecule has 0 aromatic rings. The van der Waals surface area contributed by atoms with Crippen LogP contribution in [0, 0.1) is 0 Å². The number of hydrogen-bond donors (Lipinski definition) is 1. The Morgan fingerprint density at radius 3 is 1.70 bits per heavy atom. The van der Waals surface area contributed by atoms with Crippen molar-refractivity contribution in [2.75, 3.05) is 21.1 Å². The number of rotatable bonds is 2. The van der Waals surface area contributed by atoms with Crippen LogP contribution in [0.3, 0.4) is 0 Å². The molecular formula is C6H18ClNNaO+. The van der Waals surface area contributed by atoms with Crippen LogP contribution in [0.2, 0.25) is 0 Å². The van der Waals surface area contributed by atoms with Gasteiger partial charge in [-0.1, -0.05) is 6.92 Å². The maximum absolute atomic E-state index is 9.17. The Morgan fingerprint density at radius 1 is 1.40 bits per heavy atom. The van der Waals surface area contributed by atoms with E-state index in [0.29, 0.717) is 4.48 Å². The second-order valence-corrected chi connectivity index (χ2v) is 3.01. The average molecular weight is 179 g/mol. The number of quaternary nitrogens is 1. The van der Waals surface area contributed by atoms with E-state index in [4.69, 9.17) is 5.11 Å². The maximum atomic E-state index is 9.17. The minimum atomic E-state index is -0.213. The van der Waals surface area contributed by atoms with Crippen molar-refractivity contribution in [1.82, 2.24) is 0 Å². The summed E-state index contributed by atoms with van der Waals surface area (Å²) in [5, 5.41) is 9.17. The molecule has 0 aliphatic rings.